The summed E-state index contributed by atoms with van der Waals surface area (Å²) in [6.45, 7) is 1.66. The van der Waals surface area contributed by atoms with Crippen LogP contribution in [-0.4, -0.2) is 58.0 Å². The number of imidazole rings is 1. The minimum absolute atomic E-state index is 0.0918. The molecule has 0 spiro atoms. The Hall–Kier alpha value is -2.97. The van der Waals surface area contributed by atoms with Crippen molar-refractivity contribution in [2.24, 2.45) is 0 Å². The van der Waals surface area contributed by atoms with Crippen molar-refractivity contribution < 1.29 is 14.6 Å². The summed E-state index contributed by atoms with van der Waals surface area (Å²) in [6, 6.07) is 11.5. The van der Waals surface area contributed by atoms with E-state index in [1.54, 1.807) is 22.8 Å². The summed E-state index contributed by atoms with van der Waals surface area (Å²) >= 11 is 0. The summed E-state index contributed by atoms with van der Waals surface area (Å²) in [4.78, 5) is 16.6. The number of rotatable bonds is 6. The molecule has 1 amide bonds. The molecule has 146 valence electrons. The van der Waals surface area contributed by atoms with Gasteiger partial charge in [0.25, 0.3) is 5.91 Å². The molecule has 8 nitrogen and oxygen atoms in total. The van der Waals surface area contributed by atoms with Gasteiger partial charge in [-0.15, -0.1) is 5.10 Å². The van der Waals surface area contributed by atoms with Gasteiger partial charge in [0.05, 0.1) is 18.5 Å². The van der Waals surface area contributed by atoms with Gasteiger partial charge in [-0.1, -0.05) is 12.1 Å². The Bertz CT molecular complexity index is 965. The first kappa shape index (κ1) is 18.4. The lowest BCUT2D eigenvalue weighted by Crippen LogP contribution is -2.28. The molecule has 1 aliphatic heterocycles. The van der Waals surface area contributed by atoms with E-state index in [2.05, 4.69) is 15.6 Å². The normalized spacial score (nSPS) is 14.9. The average Bonchev–Trinajstić information content (AvgIpc) is 3.16. The number of hydrogen-bond donors (Lipinski definition) is 3. The highest BCUT2D eigenvalue weighted by Crippen LogP contribution is 2.22. The first-order valence-electron chi connectivity index (χ1n) is 9.43. The Labute approximate surface area is 162 Å². The highest BCUT2D eigenvalue weighted by Gasteiger charge is 2.15. The topological polar surface area (TPSA) is 101 Å². The third-order valence-electron chi connectivity index (χ3n) is 4.75. The number of carbonyl (C=O) groups is 1. The van der Waals surface area contributed by atoms with E-state index in [4.69, 9.17) is 14.9 Å². The maximum Gasteiger partial charge on any atom is 0.251 e. The van der Waals surface area contributed by atoms with Gasteiger partial charge in [-0.05, 0) is 37.1 Å². The van der Waals surface area contributed by atoms with Gasteiger partial charge < -0.3 is 20.5 Å². The van der Waals surface area contributed by atoms with Crippen LogP contribution in [0.5, 0.6) is 0 Å². The molecule has 1 aliphatic rings. The fourth-order valence-corrected chi connectivity index (χ4v) is 3.29. The van der Waals surface area contributed by atoms with Gasteiger partial charge in [-0.25, -0.2) is 9.50 Å². The number of aliphatic hydroxyl groups is 1. The predicted octanol–water partition coefficient (Wildman–Crippen LogP) is 1.71. The van der Waals surface area contributed by atoms with Crippen molar-refractivity contribution in [2.45, 2.75) is 18.9 Å². The number of ether oxygens (including phenoxy) is 1. The second-order valence-corrected chi connectivity index (χ2v) is 6.72. The van der Waals surface area contributed by atoms with Gasteiger partial charge in [0, 0.05) is 36.9 Å². The van der Waals surface area contributed by atoms with Crippen molar-refractivity contribution in [1.82, 2.24) is 19.9 Å². The second-order valence-electron chi connectivity index (χ2n) is 6.72. The fraction of sp³-hybridized carbons (Fsp3) is 0.350. The standard InChI is InChI=1S/C20H23N5O3/c26-9-8-21-20(27)15-3-1-2-14(12-15)17-13-22-19-5-4-18(24-25(17)19)23-16-6-10-28-11-7-16/h1-5,12-13,16,26H,6-11H2,(H,21,27)(H,23,24). The minimum Gasteiger partial charge on any atom is -0.395 e. The van der Waals surface area contributed by atoms with Gasteiger partial charge in [0.15, 0.2) is 5.65 Å². The van der Waals surface area contributed by atoms with Crippen LogP contribution in [0.15, 0.2) is 42.6 Å². The lowest BCUT2D eigenvalue weighted by molar-refractivity contribution is 0.0903. The Morgan fingerprint density at radius 3 is 2.93 bits per heavy atom. The molecule has 3 aromatic rings. The number of benzene rings is 1. The van der Waals surface area contributed by atoms with Crippen LogP contribution >= 0.6 is 0 Å². The van der Waals surface area contributed by atoms with E-state index in [0.29, 0.717) is 11.6 Å². The van der Waals surface area contributed by atoms with Crippen molar-refractivity contribution in [3.63, 3.8) is 0 Å². The lowest BCUT2D eigenvalue weighted by Gasteiger charge is -2.23. The number of fused-ring (bicyclic) bond motifs is 1. The van der Waals surface area contributed by atoms with Crippen LogP contribution in [0.1, 0.15) is 23.2 Å². The number of aliphatic hydroxyl groups excluding tert-OH is 1. The molecule has 0 bridgehead atoms. The summed E-state index contributed by atoms with van der Waals surface area (Å²) in [5, 5.41) is 19.7. The molecule has 3 N–H and O–H groups in total. The number of nitrogens with one attached hydrogen (secondary N) is 2. The molecule has 28 heavy (non-hydrogen) atoms. The van der Waals surface area contributed by atoms with Crippen molar-refractivity contribution >= 4 is 17.4 Å². The van der Waals surface area contributed by atoms with Crippen LogP contribution in [0, 0.1) is 0 Å². The SMILES string of the molecule is O=C(NCCO)c1cccc(-c2cnc3ccc(NC4CCOCC4)nn23)c1. The van der Waals surface area contributed by atoms with E-state index >= 15 is 0 Å². The molecule has 2 aromatic heterocycles. The minimum atomic E-state index is -0.223. The molecule has 8 heteroatoms. The first-order chi connectivity index (χ1) is 13.7. The summed E-state index contributed by atoms with van der Waals surface area (Å²) in [5.41, 5.74) is 2.92. The molecule has 0 aliphatic carbocycles. The predicted molar refractivity (Wildman–Crippen MR) is 105 cm³/mol. The number of amides is 1. The average molecular weight is 381 g/mol. The van der Waals surface area contributed by atoms with Gasteiger partial charge in [0.2, 0.25) is 0 Å². The Morgan fingerprint density at radius 2 is 2.11 bits per heavy atom. The number of anilines is 1. The fourth-order valence-electron chi connectivity index (χ4n) is 3.29. The van der Waals surface area contributed by atoms with Gasteiger partial charge in [0.1, 0.15) is 5.82 Å². The third-order valence-corrected chi connectivity index (χ3v) is 4.75. The number of aromatic nitrogens is 3. The highest BCUT2D eigenvalue weighted by molar-refractivity contribution is 5.95. The molecule has 0 unspecified atom stereocenters. The zero-order valence-electron chi connectivity index (χ0n) is 15.5. The van der Waals surface area contributed by atoms with Crippen LogP contribution in [-0.2, 0) is 4.74 Å². The lowest BCUT2D eigenvalue weighted by atomic mass is 10.1. The summed E-state index contributed by atoms with van der Waals surface area (Å²) in [6.07, 6.45) is 3.67. The Morgan fingerprint density at radius 1 is 1.25 bits per heavy atom. The quantitative estimate of drug-likeness (QED) is 0.601. The van der Waals surface area contributed by atoms with Crippen molar-refractivity contribution in [2.75, 3.05) is 31.7 Å². The zero-order chi connectivity index (χ0) is 19.3. The van der Waals surface area contributed by atoms with E-state index in [1.165, 1.54) is 0 Å². The van der Waals surface area contributed by atoms with Crippen LogP contribution in [0.25, 0.3) is 16.9 Å². The smallest absolute Gasteiger partial charge is 0.251 e. The van der Waals surface area contributed by atoms with E-state index in [0.717, 1.165) is 48.8 Å². The van der Waals surface area contributed by atoms with Crippen LogP contribution in [0.4, 0.5) is 5.82 Å². The molecule has 1 aromatic carbocycles. The molecular weight excluding hydrogens is 358 g/mol. The van der Waals surface area contributed by atoms with Crippen LogP contribution in [0.2, 0.25) is 0 Å². The molecule has 0 radical (unpaired) electrons. The van der Waals surface area contributed by atoms with Crippen molar-refractivity contribution in [3.8, 4) is 11.3 Å². The van der Waals surface area contributed by atoms with E-state index < -0.39 is 0 Å². The second kappa shape index (κ2) is 8.37. The van der Waals surface area contributed by atoms with E-state index in [-0.39, 0.29) is 19.1 Å². The third kappa shape index (κ3) is 3.97. The summed E-state index contributed by atoms with van der Waals surface area (Å²) < 4.78 is 7.19. The molecule has 3 heterocycles. The summed E-state index contributed by atoms with van der Waals surface area (Å²) in [7, 11) is 0. The van der Waals surface area contributed by atoms with Gasteiger partial charge in [-0.3, -0.25) is 4.79 Å². The van der Waals surface area contributed by atoms with Gasteiger partial charge in [-0.2, -0.15) is 0 Å². The molecule has 4 rings (SSSR count). The largest absolute Gasteiger partial charge is 0.395 e. The number of hydrogen-bond acceptors (Lipinski definition) is 6. The molecular formula is C20H23N5O3. The summed E-state index contributed by atoms with van der Waals surface area (Å²) in [5.74, 6) is 0.565. The maximum atomic E-state index is 12.2. The Kier molecular flexibility index (Phi) is 5.50. The highest BCUT2D eigenvalue weighted by atomic mass is 16.5. The molecule has 1 saturated heterocycles. The van der Waals surface area contributed by atoms with E-state index in [1.807, 2.05) is 24.3 Å². The van der Waals surface area contributed by atoms with Crippen molar-refractivity contribution in [3.05, 3.63) is 48.2 Å². The number of nitrogens with zero attached hydrogens (tertiary/aromatic N) is 3. The molecule has 1 fully saturated rings. The first-order valence-corrected chi connectivity index (χ1v) is 9.43. The maximum absolute atomic E-state index is 12.2. The van der Waals surface area contributed by atoms with Gasteiger partial charge >= 0.3 is 0 Å². The Balaban J connectivity index is 1.61. The van der Waals surface area contributed by atoms with Crippen LogP contribution < -0.4 is 10.6 Å². The van der Waals surface area contributed by atoms with Crippen molar-refractivity contribution in [1.29, 1.82) is 0 Å². The van der Waals surface area contributed by atoms with E-state index in [9.17, 15) is 4.79 Å². The van der Waals surface area contributed by atoms with Crippen LogP contribution in [0.3, 0.4) is 0 Å². The number of carbonyl (C=O) groups excluding carboxylic acids is 1. The zero-order valence-corrected chi connectivity index (χ0v) is 15.5. The monoisotopic (exact) mass is 381 g/mol. The molecule has 0 atom stereocenters. The molecule has 0 saturated carbocycles.